The number of benzene rings is 1. The van der Waals surface area contributed by atoms with Crippen molar-refractivity contribution in [2.24, 2.45) is 0 Å². The molecule has 0 unspecified atom stereocenters. The lowest BCUT2D eigenvalue weighted by atomic mass is 10.0. The Kier molecular flexibility index (Phi) is 2.59. The molecule has 70 valence electrons. The van der Waals surface area contributed by atoms with Gasteiger partial charge in [-0.15, -0.1) is 0 Å². The zero-order valence-electron chi connectivity index (χ0n) is 7.42. The van der Waals surface area contributed by atoms with Crippen LogP contribution in [0.1, 0.15) is 16.7 Å². The summed E-state index contributed by atoms with van der Waals surface area (Å²) in [6.07, 6.45) is 0.981. The molecule has 1 aromatic carbocycles. The highest BCUT2D eigenvalue weighted by Crippen LogP contribution is 2.18. The van der Waals surface area contributed by atoms with E-state index < -0.39 is 0 Å². The Morgan fingerprint density at radius 2 is 2.31 bits per heavy atom. The van der Waals surface area contributed by atoms with E-state index in [1.165, 1.54) is 11.1 Å². The van der Waals surface area contributed by atoms with Gasteiger partial charge in [0.15, 0.2) is 0 Å². The molecule has 0 atom stereocenters. The van der Waals surface area contributed by atoms with Gasteiger partial charge in [-0.05, 0) is 23.1 Å². The number of ether oxygens (including phenoxy) is 1. The van der Waals surface area contributed by atoms with E-state index in [1.54, 1.807) is 0 Å². The Hall–Kier alpha value is -0.900. The second-order valence-corrected chi connectivity index (χ2v) is 3.24. The molecule has 1 aromatic rings. The number of hydrogen-bond acceptors (Lipinski definition) is 3. The first-order chi connectivity index (χ1) is 6.40. The fourth-order valence-corrected chi connectivity index (χ4v) is 1.62. The average molecular weight is 179 g/mol. The van der Waals surface area contributed by atoms with Gasteiger partial charge in [0.25, 0.3) is 0 Å². The topological polar surface area (TPSA) is 41.5 Å². The molecule has 0 saturated carbocycles. The SMILES string of the molecule is ONCc1ccc2c(c1)CCOC2. The molecule has 0 bridgehead atoms. The standard InChI is InChI=1S/C10H13NO2/c12-11-6-8-1-2-10-7-13-4-3-9(10)5-8/h1-2,5,11-12H,3-4,6-7H2. The Morgan fingerprint density at radius 1 is 1.38 bits per heavy atom. The van der Waals surface area contributed by atoms with E-state index in [-0.39, 0.29) is 0 Å². The molecule has 0 fully saturated rings. The lowest BCUT2D eigenvalue weighted by molar-refractivity contribution is 0.110. The summed E-state index contributed by atoms with van der Waals surface area (Å²) in [6.45, 7) is 2.04. The molecule has 0 aromatic heterocycles. The quantitative estimate of drug-likeness (QED) is 0.671. The van der Waals surface area contributed by atoms with E-state index in [2.05, 4.69) is 17.6 Å². The minimum absolute atomic E-state index is 0.508. The molecule has 0 spiro atoms. The molecule has 1 aliphatic heterocycles. The summed E-state index contributed by atoms with van der Waals surface area (Å²) in [7, 11) is 0. The predicted octanol–water partition coefficient (Wildman–Crippen LogP) is 1.24. The fourth-order valence-electron chi connectivity index (χ4n) is 1.62. The van der Waals surface area contributed by atoms with Gasteiger partial charge in [0.1, 0.15) is 0 Å². The van der Waals surface area contributed by atoms with E-state index >= 15 is 0 Å². The zero-order chi connectivity index (χ0) is 9.10. The number of hydroxylamine groups is 1. The number of rotatable bonds is 2. The minimum Gasteiger partial charge on any atom is -0.376 e. The molecule has 0 radical (unpaired) electrons. The molecule has 2 N–H and O–H groups in total. The fraction of sp³-hybridized carbons (Fsp3) is 0.400. The van der Waals surface area contributed by atoms with Crippen LogP contribution in [0.3, 0.4) is 0 Å². The van der Waals surface area contributed by atoms with Crippen LogP contribution in [0.2, 0.25) is 0 Å². The van der Waals surface area contributed by atoms with Crippen molar-refractivity contribution in [3.05, 3.63) is 34.9 Å². The maximum absolute atomic E-state index is 8.55. The molecular formula is C10H13NO2. The van der Waals surface area contributed by atoms with Crippen molar-refractivity contribution in [3.63, 3.8) is 0 Å². The third-order valence-corrected chi connectivity index (χ3v) is 2.33. The Morgan fingerprint density at radius 3 is 3.15 bits per heavy atom. The highest BCUT2D eigenvalue weighted by atomic mass is 16.5. The van der Waals surface area contributed by atoms with Gasteiger partial charge in [0, 0.05) is 6.54 Å². The number of nitrogens with one attached hydrogen (secondary N) is 1. The van der Waals surface area contributed by atoms with E-state index in [0.717, 1.165) is 25.2 Å². The maximum Gasteiger partial charge on any atom is 0.0719 e. The normalized spacial score (nSPS) is 15.5. The van der Waals surface area contributed by atoms with Crippen LogP contribution < -0.4 is 5.48 Å². The van der Waals surface area contributed by atoms with Crippen molar-refractivity contribution < 1.29 is 9.94 Å². The van der Waals surface area contributed by atoms with Crippen LogP contribution in [0.15, 0.2) is 18.2 Å². The molecule has 13 heavy (non-hydrogen) atoms. The van der Waals surface area contributed by atoms with Crippen LogP contribution >= 0.6 is 0 Å². The van der Waals surface area contributed by atoms with Gasteiger partial charge in [0.2, 0.25) is 0 Å². The lowest BCUT2D eigenvalue weighted by Crippen LogP contribution is -2.12. The largest absolute Gasteiger partial charge is 0.376 e. The van der Waals surface area contributed by atoms with Crippen LogP contribution in [-0.4, -0.2) is 11.8 Å². The van der Waals surface area contributed by atoms with Gasteiger partial charge in [-0.1, -0.05) is 18.2 Å². The van der Waals surface area contributed by atoms with Gasteiger partial charge in [-0.25, -0.2) is 5.48 Å². The Bertz CT molecular complexity index is 299. The molecule has 1 heterocycles. The lowest BCUT2D eigenvalue weighted by Gasteiger charge is -2.16. The Balaban J connectivity index is 2.24. The molecule has 3 nitrogen and oxygen atoms in total. The monoisotopic (exact) mass is 179 g/mol. The first-order valence-corrected chi connectivity index (χ1v) is 4.45. The van der Waals surface area contributed by atoms with E-state index in [0.29, 0.717) is 6.54 Å². The predicted molar refractivity (Wildman–Crippen MR) is 48.4 cm³/mol. The number of hydrogen-bond donors (Lipinski definition) is 2. The molecular weight excluding hydrogens is 166 g/mol. The van der Waals surface area contributed by atoms with Crippen LogP contribution in [0, 0.1) is 0 Å². The first-order valence-electron chi connectivity index (χ1n) is 4.45. The van der Waals surface area contributed by atoms with Crippen LogP contribution in [-0.2, 0) is 24.3 Å². The summed E-state index contributed by atoms with van der Waals surface area (Å²) in [6, 6.07) is 6.21. The molecule has 0 amide bonds. The van der Waals surface area contributed by atoms with E-state index in [4.69, 9.17) is 9.94 Å². The second-order valence-electron chi connectivity index (χ2n) is 3.24. The third-order valence-electron chi connectivity index (χ3n) is 2.33. The summed E-state index contributed by atoms with van der Waals surface area (Å²) in [4.78, 5) is 0. The summed E-state index contributed by atoms with van der Waals surface area (Å²) in [5, 5.41) is 8.55. The van der Waals surface area contributed by atoms with Crippen molar-refractivity contribution in [2.75, 3.05) is 6.61 Å². The highest BCUT2D eigenvalue weighted by Gasteiger charge is 2.08. The van der Waals surface area contributed by atoms with Gasteiger partial charge < -0.3 is 9.94 Å². The van der Waals surface area contributed by atoms with Crippen molar-refractivity contribution in [2.45, 2.75) is 19.6 Å². The maximum atomic E-state index is 8.55. The molecule has 2 rings (SSSR count). The van der Waals surface area contributed by atoms with Gasteiger partial charge in [0.05, 0.1) is 13.2 Å². The summed E-state index contributed by atoms with van der Waals surface area (Å²) in [5.41, 5.74) is 5.89. The summed E-state index contributed by atoms with van der Waals surface area (Å²) in [5.74, 6) is 0. The van der Waals surface area contributed by atoms with Gasteiger partial charge >= 0.3 is 0 Å². The van der Waals surface area contributed by atoms with Crippen molar-refractivity contribution in [1.82, 2.24) is 5.48 Å². The smallest absolute Gasteiger partial charge is 0.0719 e. The molecule has 1 aliphatic rings. The molecule has 0 aliphatic carbocycles. The van der Waals surface area contributed by atoms with Crippen molar-refractivity contribution in [1.29, 1.82) is 0 Å². The third kappa shape index (κ3) is 1.88. The number of fused-ring (bicyclic) bond motifs is 1. The summed E-state index contributed by atoms with van der Waals surface area (Å²) >= 11 is 0. The van der Waals surface area contributed by atoms with Crippen LogP contribution in [0.25, 0.3) is 0 Å². The molecule has 3 heteroatoms. The first kappa shape index (κ1) is 8.69. The van der Waals surface area contributed by atoms with Crippen LogP contribution in [0.4, 0.5) is 0 Å². The van der Waals surface area contributed by atoms with Gasteiger partial charge in [-0.3, -0.25) is 0 Å². The summed E-state index contributed by atoms with van der Waals surface area (Å²) < 4.78 is 5.33. The van der Waals surface area contributed by atoms with E-state index in [9.17, 15) is 0 Å². The van der Waals surface area contributed by atoms with Gasteiger partial charge in [-0.2, -0.15) is 0 Å². The zero-order valence-corrected chi connectivity index (χ0v) is 7.42. The van der Waals surface area contributed by atoms with Crippen molar-refractivity contribution >= 4 is 0 Å². The Labute approximate surface area is 77.3 Å². The second kappa shape index (κ2) is 3.87. The molecule has 0 saturated heterocycles. The average Bonchev–Trinajstić information content (AvgIpc) is 2.18. The van der Waals surface area contributed by atoms with Crippen LogP contribution in [0.5, 0.6) is 0 Å². The minimum atomic E-state index is 0.508. The highest BCUT2D eigenvalue weighted by molar-refractivity contribution is 5.32. The van der Waals surface area contributed by atoms with E-state index in [1.807, 2.05) is 6.07 Å². The van der Waals surface area contributed by atoms with Crippen molar-refractivity contribution in [3.8, 4) is 0 Å².